The van der Waals surface area contributed by atoms with E-state index < -0.39 is 17.8 Å². The van der Waals surface area contributed by atoms with Crippen molar-refractivity contribution >= 4 is 34.7 Å². The Bertz CT molecular complexity index is 1020. The highest BCUT2D eigenvalue weighted by Crippen LogP contribution is 2.31. The van der Waals surface area contributed by atoms with E-state index in [4.69, 9.17) is 16.3 Å². The number of amides is 1. The van der Waals surface area contributed by atoms with Crippen molar-refractivity contribution in [2.75, 3.05) is 5.32 Å². The van der Waals surface area contributed by atoms with E-state index in [2.05, 4.69) is 15.6 Å². The second-order valence-electron chi connectivity index (χ2n) is 8.06. The Kier molecular flexibility index (Phi) is 7.54. The molecule has 0 bridgehead atoms. The van der Waals surface area contributed by atoms with Crippen molar-refractivity contribution in [2.45, 2.75) is 45.6 Å². The maximum absolute atomic E-state index is 11.9. The smallest absolute Gasteiger partial charge is 0.407 e. The number of aromatic nitrogens is 1. The molecule has 1 unspecified atom stereocenters. The van der Waals surface area contributed by atoms with E-state index in [9.17, 15) is 9.90 Å². The van der Waals surface area contributed by atoms with Crippen molar-refractivity contribution in [3.63, 3.8) is 0 Å². The first-order valence-corrected chi connectivity index (χ1v) is 11.1. The van der Waals surface area contributed by atoms with Crippen LogP contribution < -0.4 is 10.6 Å². The first kappa shape index (κ1) is 23.1. The van der Waals surface area contributed by atoms with Gasteiger partial charge in [0.2, 0.25) is 0 Å². The molecule has 1 atom stereocenters. The summed E-state index contributed by atoms with van der Waals surface area (Å²) in [6, 6.07) is 12.8. The predicted octanol–water partition coefficient (Wildman–Crippen LogP) is 5.52. The van der Waals surface area contributed by atoms with E-state index in [1.807, 2.05) is 57.3 Å². The molecule has 6 nitrogen and oxygen atoms in total. The highest BCUT2D eigenvalue weighted by atomic mass is 35.5. The molecule has 0 saturated heterocycles. The number of aliphatic hydroxyl groups is 1. The minimum atomic E-state index is -0.885. The van der Waals surface area contributed by atoms with Gasteiger partial charge in [0, 0.05) is 33.9 Å². The van der Waals surface area contributed by atoms with Crippen molar-refractivity contribution < 1.29 is 14.6 Å². The summed E-state index contributed by atoms with van der Waals surface area (Å²) in [4.78, 5) is 17.1. The molecule has 3 N–H and O–H groups in total. The molecular weight excluding hydrogens is 434 g/mol. The van der Waals surface area contributed by atoms with Gasteiger partial charge in [-0.3, -0.25) is 4.98 Å². The van der Waals surface area contributed by atoms with E-state index in [0.717, 1.165) is 16.1 Å². The normalized spacial score (nSPS) is 12.3. The largest absolute Gasteiger partial charge is 0.444 e. The predicted molar refractivity (Wildman–Crippen MR) is 124 cm³/mol. The van der Waals surface area contributed by atoms with Gasteiger partial charge in [0.15, 0.2) is 0 Å². The number of alkyl carbamates (subject to hydrolysis) is 1. The molecule has 1 heterocycles. The molecule has 0 aliphatic heterocycles. The molecule has 0 spiro atoms. The van der Waals surface area contributed by atoms with Crippen LogP contribution in [0.5, 0.6) is 0 Å². The van der Waals surface area contributed by atoms with Crippen molar-refractivity contribution in [1.29, 1.82) is 0 Å². The molecule has 2 aromatic carbocycles. The van der Waals surface area contributed by atoms with Crippen molar-refractivity contribution in [1.82, 2.24) is 10.3 Å². The molecular formula is C23H26ClN3O3S. The molecule has 0 radical (unpaired) electrons. The zero-order valence-electron chi connectivity index (χ0n) is 17.7. The van der Waals surface area contributed by atoms with Crippen LogP contribution in [-0.2, 0) is 17.8 Å². The Hall–Kier alpha value is -2.61. The fourth-order valence-corrected chi connectivity index (χ4v) is 3.69. The summed E-state index contributed by atoms with van der Waals surface area (Å²) in [5.74, 6) is 0. The van der Waals surface area contributed by atoms with Gasteiger partial charge in [0.05, 0.1) is 12.1 Å². The fraction of sp³-hybridized carbons (Fsp3) is 0.304. The van der Waals surface area contributed by atoms with Crippen LogP contribution in [0, 0.1) is 0 Å². The summed E-state index contributed by atoms with van der Waals surface area (Å²) in [5, 5.41) is 17.7. The minimum absolute atomic E-state index is 0.293. The third-order valence-electron chi connectivity index (χ3n) is 4.35. The van der Waals surface area contributed by atoms with Crippen LogP contribution in [0.4, 0.5) is 10.5 Å². The summed E-state index contributed by atoms with van der Waals surface area (Å²) in [6.45, 7) is 6.34. The van der Waals surface area contributed by atoms with Crippen molar-refractivity contribution in [2.24, 2.45) is 0 Å². The zero-order valence-corrected chi connectivity index (χ0v) is 19.3. The number of thiazole rings is 1. The lowest BCUT2D eigenvalue weighted by Gasteiger charge is -2.20. The quantitative estimate of drug-likeness (QED) is 0.433. The van der Waals surface area contributed by atoms with Crippen LogP contribution in [-0.4, -0.2) is 21.8 Å². The number of rotatable bonds is 7. The number of carbonyl (C=O) groups is 1. The molecule has 3 rings (SSSR count). The Morgan fingerprint density at radius 3 is 2.74 bits per heavy atom. The Balaban J connectivity index is 1.73. The van der Waals surface area contributed by atoms with E-state index in [0.29, 0.717) is 29.2 Å². The van der Waals surface area contributed by atoms with Crippen LogP contribution in [0.2, 0.25) is 5.02 Å². The summed E-state index contributed by atoms with van der Waals surface area (Å²) < 4.78 is 5.27. The molecule has 3 aromatic rings. The molecule has 31 heavy (non-hydrogen) atoms. The number of nitrogens with one attached hydrogen (secondary N) is 2. The lowest BCUT2D eigenvalue weighted by atomic mass is 9.98. The summed E-state index contributed by atoms with van der Waals surface area (Å²) >= 11 is 7.77. The monoisotopic (exact) mass is 459 g/mol. The van der Waals surface area contributed by atoms with Gasteiger partial charge in [-0.2, -0.15) is 0 Å². The van der Waals surface area contributed by atoms with Gasteiger partial charge >= 0.3 is 6.09 Å². The highest BCUT2D eigenvalue weighted by Gasteiger charge is 2.18. The molecule has 0 aliphatic carbocycles. The van der Waals surface area contributed by atoms with Crippen LogP contribution in [0.25, 0.3) is 0 Å². The van der Waals surface area contributed by atoms with Gasteiger partial charge < -0.3 is 20.5 Å². The molecule has 0 aliphatic rings. The van der Waals surface area contributed by atoms with E-state index in [-0.39, 0.29) is 0 Å². The average Bonchev–Trinajstić information content (AvgIpc) is 3.23. The maximum atomic E-state index is 11.9. The van der Waals surface area contributed by atoms with Gasteiger partial charge in [0.1, 0.15) is 11.7 Å². The van der Waals surface area contributed by atoms with Gasteiger partial charge in [0.25, 0.3) is 0 Å². The minimum Gasteiger partial charge on any atom is -0.444 e. The van der Waals surface area contributed by atoms with Crippen LogP contribution in [0.1, 0.15) is 48.4 Å². The fourth-order valence-electron chi connectivity index (χ4n) is 2.97. The van der Waals surface area contributed by atoms with E-state index >= 15 is 0 Å². The second-order valence-corrected chi connectivity index (χ2v) is 9.46. The van der Waals surface area contributed by atoms with Gasteiger partial charge in [-0.1, -0.05) is 35.9 Å². The van der Waals surface area contributed by atoms with Crippen LogP contribution in [0.3, 0.4) is 0 Å². The maximum Gasteiger partial charge on any atom is 0.407 e. The first-order valence-electron chi connectivity index (χ1n) is 9.86. The number of halogens is 1. The number of benzene rings is 2. The number of anilines is 1. The number of aliphatic hydroxyl groups excluding tert-OH is 1. The Morgan fingerprint density at radius 1 is 1.23 bits per heavy atom. The summed E-state index contributed by atoms with van der Waals surface area (Å²) in [5.41, 5.74) is 4.25. The van der Waals surface area contributed by atoms with E-state index in [1.54, 1.807) is 29.0 Å². The number of ether oxygens (including phenoxy) is 1. The Morgan fingerprint density at radius 2 is 2.03 bits per heavy atom. The van der Waals surface area contributed by atoms with Gasteiger partial charge in [-0.25, -0.2) is 4.79 Å². The van der Waals surface area contributed by atoms with Crippen LogP contribution >= 0.6 is 22.9 Å². The van der Waals surface area contributed by atoms with E-state index in [1.165, 1.54) is 0 Å². The third kappa shape index (κ3) is 6.95. The molecule has 8 heteroatoms. The molecule has 1 aromatic heterocycles. The third-order valence-corrected chi connectivity index (χ3v) is 5.36. The SMILES string of the molecule is CC(C)(C)OC(=O)NCc1cccc(C(O)c2cc(Cl)ccc2NCc2cncs2)c1. The standard InChI is InChI=1S/C23H26ClN3O3S/c1-23(2,3)30-22(29)27-11-15-5-4-6-16(9-15)21(28)19-10-17(24)7-8-20(19)26-13-18-12-25-14-31-18/h4-10,12,14,21,26,28H,11,13H2,1-3H3,(H,27,29). The lowest BCUT2D eigenvalue weighted by Crippen LogP contribution is -2.32. The Labute approximate surface area is 191 Å². The van der Waals surface area contributed by atoms with Crippen LogP contribution in [0.15, 0.2) is 54.2 Å². The molecule has 164 valence electrons. The topological polar surface area (TPSA) is 83.5 Å². The zero-order chi connectivity index (χ0) is 22.4. The first-order chi connectivity index (χ1) is 14.7. The summed E-state index contributed by atoms with van der Waals surface area (Å²) in [6.07, 6.45) is 0.442. The highest BCUT2D eigenvalue weighted by molar-refractivity contribution is 7.09. The van der Waals surface area contributed by atoms with Crippen molar-refractivity contribution in [3.8, 4) is 0 Å². The number of hydrogen-bond acceptors (Lipinski definition) is 6. The number of nitrogens with zero attached hydrogens (tertiary/aromatic N) is 1. The lowest BCUT2D eigenvalue weighted by molar-refractivity contribution is 0.0523. The molecule has 1 amide bonds. The number of carbonyl (C=O) groups excluding carboxylic acids is 1. The molecule has 0 saturated carbocycles. The average molecular weight is 460 g/mol. The second kappa shape index (κ2) is 10.1. The number of hydrogen-bond donors (Lipinski definition) is 3. The van der Waals surface area contributed by atoms with Gasteiger partial charge in [-0.15, -0.1) is 11.3 Å². The molecule has 0 fully saturated rings. The van der Waals surface area contributed by atoms with Crippen molar-refractivity contribution in [3.05, 3.63) is 80.8 Å². The van der Waals surface area contributed by atoms with Gasteiger partial charge in [-0.05, 0) is 50.1 Å². The summed E-state index contributed by atoms with van der Waals surface area (Å²) in [7, 11) is 0.